The van der Waals surface area contributed by atoms with Crippen LogP contribution in [0.2, 0.25) is 0 Å². The lowest BCUT2D eigenvalue weighted by molar-refractivity contribution is -0.137. The predicted molar refractivity (Wildman–Crippen MR) is 128 cm³/mol. The zero-order valence-corrected chi connectivity index (χ0v) is 19.9. The van der Waals surface area contributed by atoms with Crippen LogP contribution in [0.25, 0.3) is 0 Å². The molecule has 0 aromatic heterocycles. The van der Waals surface area contributed by atoms with Gasteiger partial charge in [-0.05, 0) is 74.8 Å². The normalized spacial score (nSPS) is 23.5. The third-order valence-electron chi connectivity index (χ3n) is 7.21. The molecule has 188 valence electrons. The van der Waals surface area contributed by atoms with E-state index < -0.39 is 11.7 Å². The molecule has 2 saturated heterocycles. The van der Waals surface area contributed by atoms with Gasteiger partial charge in [0.25, 0.3) is 5.91 Å². The van der Waals surface area contributed by atoms with Crippen molar-refractivity contribution in [1.29, 1.82) is 0 Å². The molecule has 1 N–H and O–H groups in total. The first-order valence-electron chi connectivity index (χ1n) is 12.3. The fourth-order valence-electron chi connectivity index (χ4n) is 5.14. The van der Waals surface area contributed by atoms with Crippen molar-refractivity contribution in [1.82, 2.24) is 15.1 Å². The molecule has 2 fully saturated rings. The van der Waals surface area contributed by atoms with Gasteiger partial charge in [0.15, 0.2) is 0 Å². The van der Waals surface area contributed by atoms with E-state index in [9.17, 15) is 22.8 Å². The summed E-state index contributed by atoms with van der Waals surface area (Å²) in [7, 11) is 0. The number of hydrogen-bond acceptors (Lipinski definition) is 2. The fraction of sp³-hybridized carbons (Fsp3) is 0.481. The molecule has 2 heterocycles. The molecule has 2 aromatic carbocycles. The average molecular weight is 488 g/mol. The molecule has 3 atom stereocenters. The molecule has 5 nitrogen and oxygen atoms in total. The second-order valence-corrected chi connectivity index (χ2v) is 9.62. The fourth-order valence-corrected chi connectivity index (χ4v) is 5.14. The topological polar surface area (TPSA) is 52.7 Å². The number of nitrogens with zero attached hydrogens (tertiary/aromatic N) is 2. The molecule has 0 radical (unpaired) electrons. The number of hydrogen-bond donors (Lipinski definition) is 1. The van der Waals surface area contributed by atoms with Crippen molar-refractivity contribution < 1.29 is 22.8 Å². The van der Waals surface area contributed by atoms with Gasteiger partial charge in [0.05, 0.1) is 5.56 Å². The maximum atomic E-state index is 13.3. The van der Waals surface area contributed by atoms with Gasteiger partial charge in [-0.25, -0.2) is 4.79 Å². The Bertz CT molecular complexity index is 1010. The van der Waals surface area contributed by atoms with E-state index in [4.69, 9.17) is 0 Å². The Kier molecular flexibility index (Phi) is 7.67. The van der Waals surface area contributed by atoms with Gasteiger partial charge < -0.3 is 15.1 Å². The van der Waals surface area contributed by atoms with Gasteiger partial charge in [0.2, 0.25) is 0 Å². The summed E-state index contributed by atoms with van der Waals surface area (Å²) in [6.07, 6.45) is -0.595. The van der Waals surface area contributed by atoms with Crippen molar-refractivity contribution in [2.45, 2.75) is 63.2 Å². The standard InChI is InChI=1S/C27H32F3N3O2/c1-19-6-5-15-33(19)26(35)32-16-13-22(20-9-11-23(12-10-20)27(28,29)30)18-24(14-17-32)31-25(34)21-7-3-2-4-8-21/h2-4,7-12,19,22,24H,5-6,13-18H2,1H3,(H,31,34)/t19-,22?,24?/m1/s1. The summed E-state index contributed by atoms with van der Waals surface area (Å²) < 4.78 is 39.2. The van der Waals surface area contributed by atoms with E-state index in [1.54, 1.807) is 24.3 Å². The number of rotatable bonds is 3. The zero-order valence-electron chi connectivity index (χ0n) is 19.9. The predicted octanol–water partition coefficient (Wildman–Crippen LogP) is 5.68. The first-order valence-corrected chi connectivity index (χ1v) is 12.3. The minimum atomic E-state index is -4.39. The number of carbonyl (C=O) groups excluding carboxylic acids is 2. The Balaban J connectivity index is 1.54. The van der Waals surface area contributed by atoms with Gasteiger partial charge in [-0.15, -0.1) is 0 Å². The quantitative estimate of drug-likeness (QED) is 0.606. The minimum absolute atomic E-state index is 0.0104. The van der Waals surface area contributed by atoms with Gasteiger partial charge in [-0.1, -0.05) is 30.3 Å². The molecule has 35 heavy (non-hydrogen) atoms. The van der Waals surface area contributed by atoms with E-state index in [-0.39, 0.29) is 29.9 Å². The second-order valence-electron chi connectivity index (χ2n) is 9.62. The monoisotopic (exact) mass is 487 g/mol. The molecule has 2 aliphatic rings. The Morgan fingerprint density at radius 2 is 1.60 bits per heavy atom. The molecule has 4 rings (SSSR count). The molecule has 0 bridgehead atoms. The first-order chi connectivity index (χ1) is 16.7. The highest BCUT2D eigenvalue weighted by Gasteiger charge is 2.33. The van der Waals surface area contributed by atoms with Gasteiger partial charge in [-0.2, -0.15) is 13.2 Å². The number of benzene rings is 2. The van der Waals surface area contributed by atoms with E-state index in [0.29, 0.717) is 37.9 Å². The van der Waals surface area contributed by atoms with Gasteiger partial charge in [0.1, 0.15) is 0 Å². The lowest BCUT2D eigenvalue weighted by Gasteiger charge is -2.36. The molecular formula is C27H32F3N3O2. The smallest absolute Gasteiger partial charge is 0.349 e. The first kappa shape index (κ1) is 25.1. The van der Waals surface area contributed by atoms with Crippen LogP contribution in [0, 0.1) is 0 Å². The number of carbonyl (C=O) groups is 2. The van der Waals surface area contributed by atoms with Gasteiger partial charge in [-0.3, -0.25) is 4.79 Å². The van der Waals surface area contributed by atoms with Crippen molar-refractivity contribution in [2.75, 3.05) is 19.6 Å². The third-order valence-corrected chi connectivity index (χ3v) is 7.21. The number of halogens is 3. The van der Waals surface area contributed by atoms with Crippen LogP contribution in [0.5, 0.6) is 0 Å². The lowest BCUT2D eigenvalue weighted by Crippen LogP contribution is -2.48. The van der Waals surface area contributed by atoms with Crippen molar-refractivity contribution in [3.05, 3.63) is 71.3 Å². The minimum Gasteiger partial charge on any atom is -0.349 e. The molecule has 2 aromatic rings. The number of alkyl halides is 3. The highest BCUT2D eigenvalue weighted by molar-refractivity contribution is 5.94. The van der Waals surface area contributed by atoms with E-state index in [0.717, 1.165) is 37.1 Å². The maximum Gasteiger partial charge on any atom is 0.416 e. The summed E-state index contributed by atoms with van der Waals surface area (Å²) in [5.74, 6) is -0.265. The highest BCUT2D eigenvalue weighted by atomic mass is 19.4. The molecule has 2 aliphatic heterocycles. The summed E-state index contributed by atoms with van der Waals surface area (Å²) in [5.41, 5.74) is 0.668. The zero-order chi connectivity index (χ0) is 25.0. The van der Waals surface area contributed by atoms with Crippen LogP contribution < -0.4 is 5.32 Å². The van der Waals surface area contributed by atoms with Crippen molar-refractivity contribution >= 4 is 11.9 Å². The Morgan fingerprint density at radius 3 is 2.23 bits per heavy atom. The van der Waals surface area contributed by atoms with Crippen LogP contribution in [-0.2, 0) is 6.18 Å². The number of likely N-dealkylation sites (tertiary alicyclic amines) is 2. The lowest BCUT2D eigenvalue weighted by atomic mass is 9.86. The Morgan fingerprint density at radius 1 is 0.914 bits per heavy atom. The molecule has 0 spiro atoms. The van der Waals surface area contributed by atoms with Gasteiger partial charge >= 0.3 is 12.2 Å². The Labute approximate surface area is 204 Å². The summed E-state index contributed by atoms with van der Waals surface area (Å²) in [6, 6.07) is 14.2. The molecule has 3 amide bonds. The molecular weight excluding hydrogens is 455 g/mol. The van der Waals surface area contributed by atoms with Crippen LogP contribution in [0.15, 0.2) is 54.6 Å². The largest absolute Gasteiger partial charge is 0.416 e. The summed E-state index contributed by atoms with van der Waals surface area (Å²) in [6.45, 7) is 3.87. The van der Waals surface area contributed by atoms with E-state index in [2.05, 4.69) is 12.2 Å². The Hall–Kier alpha value is -3.03. The summed E-state index contributed by atoms with van der Waals surface area (Å²) >= 11 is 0. The SMILES string of the molecule is C[C@@H]1CCCN1C(=O)N1CCC(NC(=O)c2ccccc2)CC(c2ccc(C(F)(F)F)cc2)CC1. The summed E-state index contributed by atoms with van der Waals surface area (Å²) in [5, 5.41) is 3.11. The second kappa shape index (κ2) is 10.7. The van der Waals surface area contributed by atoms with Crippen LogP contribution in [-0.4, -0.2) is 53.5 Å². The third kappa shape index (κ3) is 6.16. The van der Waals surface area contributed by atoms with Crippen LogP contribution in [0.4, 0.5) is 18.0 Å². The van der Waals surface area contributed by atoms with Crippen LogP contribution >= 0.6 is 0 Å². The van der Waals surface area contributed by atoms with E-state index in [1.165, 1.54) is 12.1 Å². The number of urea groups is 1. The summed E-state index contributed by atoms with van der Waals surface area (Å²) in [4.78, 5) is 29.9. The van der Waals surface area contributed by atoms with Crippen molar-refractivity contribution in [3.8, 4) is 0 Å². The highest BCUT2D eigenvalue weighted by Crippen LogP contribution is 2.33. The van der Waals surface area contributed by atoms with Gasteiger partial charge in [0, 0.05) is 37.3 Å². The number of nitrogens with one attached hydrogen (secondary N) is 1. The maximum absolute atomic E-state index is 13.3. The molecule has 0 aliphatic carbocycles. The van der Waals surface area contributed by atoms with Crippen LogP contribution in [0.1, 0.15) is 66.4 Å². The molecule has 0 saturated carbocycles. The average Bonchev–Trinajstić information content (AvgIpc) is 3.26. The van der Waals surface area contributed by atoms with E-state index in [1.807, 2.05) is 15.9 Å². The number of amides is 3. The van der Waals surface area contributed by atoms with Crippen LogP contribution in [0.3, 0.4) is 0 Å². The van der Waals surface area contributed by atoms with Crippen molar-refractivity contribution in [2.24, 2.45) is 0 Å². The molecule has 2 unspecified atom stereocenters. The van der Waals surface area contributed by atoms with E-state index >= 15 is 0 Å². The molecule has 8 heteroatoms. The van der Waals surface area contributed by atoms with Crippen molar-refractivity contribution in [3.63, 3.8) is 0 Å².